The molecule has 5 nitrogen and oxygen atoms in total. The van der Waals surface area contributed by atoms with Crippen LogP contribution < -0.4 is 10.3 Å². The molecule has 5 rings (SSSR count). The summed E-state index contributed by atoms with van der Waals surface area (Å²) in [4.78, 5) is 18.1. The Kier molecular flexibility index (Phi) is 5.96. The first kappa shape index (κ1) is 21.7. The van der Waals surface area contributed by atoms with Crippen molar-refractivity contribution < 1.29 is 9.52 Å². The average Bonchev–Trinajstić information content (AvgIpc) is 2.83. The number of phenols is 1. The first-order chi connectivity index (χ1) is 16.0. The summed E-state index contributed by atoms with van der Waals surface area (Å²) in [5, 5.41) is 11.2. The van der Waals surface area contributed by atoms with E-state index in [1.54, 1.807) is 12.1 Å². The third-order valence-corrected chi connectivity index (χ3v) is 6.85. The Morgan fingerprint density at radius 3 is 2.33 bits per heavy atom. The normalized spacial score (nSPS) is 14.7. The van der Waals surface area contributed by atoms with Gasteiger partial charge in [-0.05, 0) is 48.9 Å². The van der Waals surface area contributed by atoms with Gasteiger partial charge in [0.2, 0.25) is 5.43 Å². The van der Waals surface area contributed by atoms with E-state index < -0.39 is 0 Å². The zero-order valence-corrected chi connectivity index (χ0v) is 20.0. The fourth-order valence-corrected chi connectivity index (χ4v) is 4.81. The number of para-hydroxylation sites is 1. The number of hydrogen-bond acceptors (Lipinski definition) is 5. The van der Waals surface area contributed by atoms with Gasteiger partial charge >= 0.3 is 0 Å². The monoisotopic (exact) mass is 504 g/mol. The van der Waals surface area contributed by atoms with Gasteiger partial charge < -0.3 is 14.4 Å². The Balaban J connectivity index is 1.45. The molecule has 33 heavy (non-hydrogen) atoms. The van der Waals surface area contributed by atoms with Gasteiger partial charge in [0.05, 0.1) is 16.5 Å². The lowest BCUT2D eigenvalue weighted by Gasteiger charge is -2.36. The van der Waals surface area contributed by atoms with Crippen LogP contribution in [0.5, 0.6) is 5.75 Å². The van der Waals surface area contributed by atoms with Crippen molar-refractivity contribution in [2.24, 2.45) is 0 Å². The highest BCUT2D eigenvalue weighted by atomic mass is 79.9. The first-order valence-electron chi connectivity index (χ1n) is 11.1. The fourth-order valence-electron chi connectivity index (χ4n) is 4.54. The summed E-state index contributed by atoms with van der Waals surface area (Å²) >= 11 is 3.44. The molecule has 1 aromatic heterocycles. The minimum absolute atomic E-state index is 0.0776. The highest BCUT2D eigenvalue weighted by Crippen LogP contribution is 2.32. The van der Waals surface area contributed by atoms with Crippen LogP contribution in [-0.4, -0.2) is 36.2 Å². The van der Waals surface area contributed by atoms with Crippen LogP contribution in [-0.2, 0) is 6.54 Å². The molecular weight excluding hydrogens is 480 g/mol. The molecule has 1 aliphatic heterocycles. The largest absolute Gasteiger partial charge is 0.507 e. The van der Waals surface area contributed by atoms with Crippen molar-refractivity contribution >= 4 is 32.6 Å². The molecule has 4 aromatic rings. The summed E-state index contributed by atoms with van der Waals surface area (Å²) in [6.45, 7) is 5.89. The number of anilines is 1. The van der Waals surface area contributed by atoms with Gasteiger partial charge in [0, 0.05) is 42.9 Å². The molecular formula is C27H25BrN2O3. The molecule has 0 saturated carbocycles. The van der Waals surface area contributed by atoms with Gasteiger partial charge in [-0.2, -0.15) is 0 Å². The maximum Gasteiger partial charge on any atom is 0.200 e. The second-order valence-corrected chi connectivity index (χ2v) is 9.32. The maximum absolute atomic E-state index is 13.4. The zero-order valence-electron chi connectivity index (χ0n) is 18.4. The topological polar surface area (TPSA) is 56.9 Å². The van der Waals surface area contributed by atoms with E-state index in [-0.39, 0.29) is 11.2 Å². The molecule has 1 fully saturated rings. The molecule has 168 valence electrons. The summed E-state index contributed by atoms with van der Waals surface area (Å²) in [7, 11) is 0. The smallest absolute Gasteiger partial charge is 0.200 e. The van der Waals surface area contributed by atoms with Gasteiger partial charge in [0.15, 0.2) is 0 Å². The van der Waals surface area contributed by atoms with Gasteiger partial charge in [-0.3, -0.25) is 9.69 Å². The van der Waals surface area contributed by atoms with Gasteiger partial charge in [-0.25, -0.2) is 0 Å². The van der Waals surface area contributed by atoms with E-state index >= 15 is 0 Å². The minimum Gasteiger partial charge on any atom is -0.507 e. The number of halogens is 1. The van der Waals surface area contributed by atoms with Crippen LogP contribution >= 0.6 is 15.9 Å². The molecule has 2 heterocycles. The lowest BCUT2D eigenvalue weighted by atomic mass is 10.0. The molecule has 0 amide bonds. The molecule has 1 aliphatic rings. The Morgan fingerprint density at radius 1 is 0.939 bits per heavy atom. The number of benzene rings is 3. The molecule has 1 saturated heterocycles. The Bertz CT molecular complexity index is 1340. The van der Waals surface area contributed by atoms with Crippen molar-refractivity contribution in [3.63, 3.8) is 0 Å². The number of rotatable bonds is 4. The van der Waals surface area contributed by atoms with Crippen LogP contribution in [0.3, 0.4) is 0 Å². The van der Waals surface area contributed by atoms with Gasteiger partial charge in [0.1, 0.15) is 17.1 Å². The molecule has 6 heteroatoms. The van der Waals surface area contributed by atoms with Gasteiger partial charge in [-0.15, -0.1) is 0 Å². The lowest BCUT2D eigenvalue weighted by molar-refractivity contribution is 0.246. The van der Waals surface area contributed by atoms with E-state index in [0.717, 1.165) is 36.2 Å². The number of fused-ring (bicyclic) bond motifs is 1. The van der Waals surface area contributed by atoms with Crippen molar-refractivity contribution in [1.29, 1.82) is 0 Å². The Morgan fingerprint density at radius 2 is 1.64 bits per heavy atom. The van der Waals surface area contributed by atoms with Crippen LogP contribution in [0.1, 0.15) is 11.3 Å². The van der Waals surface area contributed by atoms with Crippen molar-refractivity contribution in [1.82, 2.24) is 4.90 Å². The fraction of sp³-hybridized carbons (Fsp3) is 0.222. The van der Waals surface area contributed by atoms with E-state index in [2.05, 4.69) is 50.0 Å². The molecule has 1 N–H and O–H groups in total. The highest BCUT2D eigenvalue weighted by molar-refractivity contribution is 9.10. The summed E-state index contributed by atoms with van der Waals surface area (Å²) in [5.74, 6) is 0.711. The van der Waals surface area contributed by atoms with Crippen molar-refractivity contribution in [2.45, 2.75) is 13.5 Å². The quantitative estimate of drug-likeness (QED) is 0.394. The molecule has 0 atom stereocenters. The second kappa shape index (κ2) is 9.04. The summed E-state index contributed by atoms with van der Waals surface area (Å²) in [6, 6.07) is 21.3. The molecule has 0 aliphatic carbocycles. The molecule has 0 bridgehead atoms. The number of piperazine rings is 1. The van der Waals surface area contributed by atoms with E-state index in [4.69, 9.17) is 4.42 Å². The maximum atomic E-state index is 13.4. The molecule has 3 aromatic carbocycles. The van der Waals surface area contributed by atoms with Crippen LogP contribution in [0, 0.1) is 6.92 Å². The number of nitrogens with zero attached hydrogens (tertiary/aromatic N) is 2. The van der Waals surface area contributed by atoms with Crippen molar-refractivity contribution in [3.05, 3.63) is 92.7 Å². The Hall–Kier alpha value is -3.09. The van der Waals surface area contributed by atoms with Crippen LogP contribution in [0.4, 0.5) is 5.69 Å². The van der Waals surface area contributed by atoms with Crippen LogP contribution in [0.2, 0.25) is 0 Å². The number of aromatic hydroxyl groups is 1. The lowest BCUT2D eigenvalue weighted by Crippen LogP contribution is -2.46. The molecule has 0 spiro atoms. The summed E-state index contributed by atoms with van der Waals surface area (Å²) in [6.07, 6.45) is 0. The average molecular weight is 505 g/mol. The predicted octanol–water partition coefficient (Wildman–Crippen LogP) is 5.56. The van der Waals surface area contributed by atoms with Crippen molar-refractivity contribution in [2.75, 3.05) is 31.1 Å². The van der Waals surface area contributed by atoms with E-state index in [1.807, 2.05) is 37.3 Å². The van der Waals surface area contributed by atoms with E-state index in [9.17, 15) is 9.90 Å². The first-order valence-corrected chi connectivity index (χ1v) is 11.9. The number of phenolic OH excluding ortho intramolecular Hbond substituents is 1. The minimum atomic E-state index is -0.0776. The highest BCUT2D eigenvalue weighted by Gasteiger charge is 2.22. The number of hydrogen-bond donors (Lipinski definition) is 1. The third-order valence-electron chi connectivity index (χ3n) is 6.32. The van der Waals surface area contributed by atoms with E-state index in [0.29, 0.717) is 34.4 Å². The summed E-state index contributed by atoms with van der Waals surface area (Å²) < 4.78 is 7.15. The zero-order chi connectivity index (χ0) is 22.9. The second-order valence-electron chi connectivity index (χ2n) is 8.41. The number of aryl methyl sites for hydroxylation is 1. The summed E-state index contributed by atoms with van der Waals surface area (Å²) in [5.41, 5.74) is 3.67. The SMILES string of the molecule is Cc1oc2c(CN3CCN(c4ccccc4)CC3)c(O)ccc2c(=O)c1-c1ccc(Br)cc1. The van der Waals surface area contributed by atoms with Crippen LogP contribution in [0.25, 0.3) is 22.1 Å². The van der Waals surface area contributed by atoms with Crippen LogP contribution in [0.15, 0.2) is 80.4 Å². The predicted molar refractivity (Wildman–Crippen MR) is 136 cm³/mol. The molecule has 0 radical (unpaired) electrons. The van der Waals surface area contributed by atoms with E-state index in [1.165, 1.54) is 5.69 Å². The van der Waals surface area contributed by atoms with Crippen molar-refractivity contribution in [3.8, 4) is 16.9 Å². The van der Waals surface area contributed by atoms with Gasteiger partial charge in [0.25, 0.3) is 0 Å². The molecule has 0 unspecified atom stereocenters. The van der Waals surface area contributed by atoms with Gasteiger partial charge in [-0.1, -0.05) is 46.3 Å². The third kappa shape index (κ3) is 4.28. The standard InChI is InChI=1S/C27H25BrN2O3/c1-18-25(19-7-9-20(28)10-8-19)26(32)22-11-12-24(31)23(27(22)33-18)17-29-13-15-30(16-14-29)21-5-3-2-4-6-21/h2-12,31H,13-17H2,1H3. The Labute approximate surface area is 201 Å².